The molecule has 0 saturated carbocycles. The van der Waals surface area contributed by atoms with E-state index in [0.717, 1.165) is 21.8 Å². The van der Waals surface area contributed by atoms with Crippen molar-refractivity contribution in [2.45, 2.75) is 19.2 Å². The lowest BCUT2D eigenvalue weighted by atomic mass is 10.2. The number of benzene rings is 3. The van der Waals surface area contributed by atoms with Crippen LogP contribution in [0.4, 0.5) is 5.69 Å². The molecule has 0 aliphatic carbocycles. The predicted octanol–water partition coefficient (Wildman–Crippen LogP) is 4.02. The first kappa shape index (κ1) is 19.0. The molecule has 2 heterocycles. The van der Waals surface area contributed by atoms with Crippen LogP contribution in [0.25, 0.3) is 33.2 Å². The van der Waals surface area contributed by atoms with Crippen molar-refractivity contribution in [1.29, 1.82) is 0 Å². The third-order valence-corrected chi connectivity index (χ3v) is 5.34. The third-order valence-electron chi connectivity index (χ3n) is 5.34. The molecule has 0 spiro atoms. The number of hydrogen-bond acceptors (Lipinski definition) is 5. The Labute approximate surface area is 177 Å². The third kappa shape index (κ3) is 3.53. The molecule has 5 rings (SSSR count). The van der Waals surface area contributed by atoms with Crippen molar-refractivity contribution in [3.63, 3.8) is 0 Å². The number of nitro groups is 1. The first-order valence-corrected chi connectivity index (χ1v) is 9.88. The number of fused-ring (bicyclic) bond motifs is 3. The fourth-order valence-corrected chi connectivity index (χ4v) is 3.93. The Morgan fingerprint density at radius 2 is 1.52 bits per heavy atom. The van der Waals surface area contributed by atoms with E-state index in [1.807, 2.05) is 24.3 Å². The van der Waals surface area contributed by atoms with Crippen LogP contribution in [0.1, 0.15) is 0 Å². The monoisotopic (exact) mass is 413 g/mol. The van der Waals surface area contributed by atoms with Gasteiger partial charge in [0.25, 0.3) is 5.69 Å². The van der Waals surface area contributed by atoms with Gasteiger partial charge in [-0.1, -0.05) is 36.4 Å². The van der Waals surface area contributed by atoms with Crippen molar-refractivity contribution in [2.75, 3.05) is 0 Å². The lowest BCUT2D eigenvalue weighted by Gasteiger charge is -2.14. The van der Waals surface area contributed by atoms with E-state index in [2.05, 4.69) is 38.9 Å². The average Bonchev–Trinajstić information content (AvgIpc) is 3.37. The van der Waals surface area contributed by atoms with Gasteiger partial charge in [-0.05, 0) is 24.3 Å². The number of hydrogen-bond donors (Lipinski definition) is 1. The first-order valence-electron chi connectivity index (χ1n) is 9.88. The van der Waals surface area contributed by atoms with Crippen LogP contribution in [0.2, 0.25) is 0 Å². The standard InChI is InChI=1S/C23H19N5O3/c29-18(13-26-15-24-23(25-26)16-9-11-17(12-10-16)28(30)31)14-27-21-7-3-1-5-19(21)20-6-2-4-8-22(20)27/h1-12,15,18,29H,13-14H2/t18-/m1/s1. The van der Waals surface area contributed by atoms with Crippen LogP contribution in [0.3, 0.4) is 0 Å². The van der Waals surface area contributed by atoms with Crippen molar-refractivity contribution in [2.24, 2.45) is 0 Å². The molecule has 1 N–H and O–H groups in total. The van der Waals surface area contributed by atoms with Crippen LogP contribution in [0.15, 0.2) is 79.1 Å². The molecule has 0 unspecified atom stereocenters. The maximum Gasteiger partial charge on any atom is 0.269 e. The second kappa shape index (κ2) is 7.66. The molecule has 1 atom stereocenters. The summed E-state index contributed by atoms with van der Waals surface area (Å²) >= 11 is 0. The second-order valence-corrected chi connectivity index (χ2v) is 7.39. The van der Waals surface area contributed by atoms with E-state index in [-0.39, 0.29) is 12.2 Å². The molecule has 0 amide bonds. The highest BCUT2D eigenvalue weighted by atomic mass is 16.6. The fraction of sp³-hybridized carbons (Fsp3) is 0.130. The van der Waals surface area contributed by atoms with Gasteiger partial charge < -0.3 is 9.67 Å². The summed E-state index contributed by atoms with van der Waals surface area (Å²) in [5, 5.41) is 28.3. The summed E-state index contributed by atoms with van der Waals surface area (Å²) in [6.07, 6.45) is 0.886. The van der Waals surface area contributed by atoms with E-state index < -0.39 is 11.0 Å². The Bertz CT molecular complexity index is 1330. The average molecular weight is 413 g/mol. The lowest BCUT2D eigenvalue weighted by Crippen LogP contribution is -2.22. The summed E-state index contributed by atoms with van der Waals surface area (Å²) in [7, 11) is 0. The zero-order valence-electron chi connectivity index (χ0n) is 16.5. The van der Waals surface area contributed by atoms with Gasteiger partial charge in [-0.25, -0.2) is 9.67 Å². The van der Waals surface area contributed by atoms with Crippen LogP contribution in [-0.2, 0) is 13.1 Å². The topological polar surface area (TPSA) is 99.0 Å². The van der Waals surface area contributed by atoms with Crippen LogP contribution in [0.5, 0.6) is 0 Å². The Hall–Kier alpha value is -4.04. The maximum atomic E-state index is 10.8. The number of para-hydroxylation sites is 2. The molecule has 154 valence electrons. The lowest BCUT2D eigenvalue weighted by molar-refractivity contribution is -0.384. The van der Waals surface area contributed by atoms with Gasteiger partial charge in [0, 0.05) is 39.5 Å². The summed E-state index contributed by atoms with van der Waals surface area (Å²) in [4.78, 5) is 14.6. The van der Waals surface area contributed by atoms with Gasteiger partial charge in [0.05, 0.1) is 24.1 Å². The molecule has 2 aromatic heterocycles. The molecule has 8 heteroatoms. The van der Waals surface area contributed by atoms with E-state index in [1.54, 1.807) is 23.1 Å². The smallest absolute Gasteiger partial charge is 0.269 e. The minimum absolute atomic E-state index is 0.0183. The molecule has 0 bridgehead atoms. The Morgan fingerprint density at radius 1 is 0.903 bits per heavy atom. The van der Waals surface area contributed by atoms with Gasteiger partial charge >= 0.3 is 0 Å². The molecule has 8 nitrogen and oxygen atoms in total. The zero-order chi connectivity index (χ0) is 21.4. The summed E-state index contributed by atoms with van der Waals surface area (Å²) < 4.78 is 3.72. The zero-order valence-corrected chi connectivity index (χ0v) is 16.5. The first-order chi connectivity index (χ1) is 15.1. The van der Waals surface area contributed by atoms with Gasteiger partial charge in [0.15, 0.2) is 5.82 Å². The highest BCUT2D eigenvalue weighted by molar-refractivity contribution is 6.07. The highest BCUT2D eigenvalue weighted by Crippen LogP contribution is 2.29. The number of nitrogens with zero attached hydrogens (tertiary/aromatic N) is 5. The highest BCUT2D eigenvalue weighted by Gasteiger charge is 2.15. The number of non-ortho nitro benzene ring substituents is 1. The molecular formula is C23H19N5O3. The molecule has 0 radical (unpaired) electrons. The molecule has 0 fully saturated rings. The predicted molar refractivity (Wildman–Crippen MR) is 118 cm³/mol. The van der Waals surface area contributed by atoms with Crippen LogP contribution in [-0.4, -0.2) is 35.5 Å². The molecule has 0 aliphatic heterocycles. The SMILES string of the molecule is O=[N+]([O-])c1ccc(-c2ncn(C[C@@H](O)Cn3c4ccccc4c4ccccc43)n2)cc1. The molecule has 31 heavy (non-hydrogen) atoms. The molecule has 0 saturated heterocycles. The molecule has 0 aliphatic rings. The number of aliphatic hydroxyl groups excluding tert-OH is 1. The van der Waals surface area contributed by atoms with E-state index in [0.29, 0.717) is 17.9 Å². The van der Waals surface area contributed by atoms with Crippen LogP contribution in [0, 0.1) is 10.1 Å². The largest absolute Gasteiger partial charge is 0.389 e. The molecular weight excluding hydrogens is 394 g/mol. The van der Waals surface area contributed by atoms with Crippen LogP contribution >= 0.6 is 0 Å². The van der Waals surface area contributed by atoms with E-state index >= 15 is 0 Å². The van der Waals surface area contributed by atoms with Crippen molar-refractivity contribution < 1.29 is 10.0 Å². The maximum absolute atomic E-state index is 10.8. The number of aromatic nitrogens is 4. The Kier molecular flexibility index (Phi) is 4.68. The summed E-state index contributed by atoms with van der Waals surface area (Å²) in [5.74, 6) is 0.457. The van der Waals surface area contributed by atoms with E-state index in [1.165, 1.54) is 12.1 Å². The van der Waals surface area contributed by atoms with Crippen molar-refractivity contribution in [3.05, 3.63) is 89.2 Å². The number of rotatable bonds is 6. The van der Waals surface area contributed by atoms with Crippen molar-refractivity contribution in [3.8, 4) is 11.4 Å². The minimum Gasteiger partial charge on any atom is -0.389 e. The summed E-state index contributed by atoms with van der Waals surface area (Å²) in [6.45, 7) is 0.696. The van der Waals surface area contributed by atoms with Gasteiger partial charge in [0.1, 0.15) is 6.33 Å². The fourth-order valence-electron chi connectivity index (χ4n) is 3.93. The van der Waals surface area contributed by atoms with Gasteiger partial charge in [-0.15, -0.1) is 0 Å². The summed E-state index contributed by atoms with van der Waals surface area (Å²) in [6, 6.07) is 22.4. The van der Waals surface area contributed by atoms with Crippen LogP contribution < -0.4 is 0 Å². The van der Waals surface area contributed by atoms with E-state index in [4.69, 9.17) is 0 Å². The number of nitro benzene ring substituents is 1. The second-order valence-electron chi connectivity index (χ2n) is 7.39. The van der Waals surface area contributed by atoms with Gasteiger partial charge in [-0.3, -0.25) is 10.1 Å². The molecule has 5 aromatic rings. The number of aliphatic hydroxyl groups is 1. The van der Waals surface area contributed by atoms with Gasteiger partial charge in [-0.2, -0.15) is 5.10 Å². The van der Waals surface area contributed by atoms with Crippen molar-refractivity contribution >= 4 is 27.5 Å². The van der Waals surface area contributed by atoms with Crippen molar-refractivity contribution in [1.82, 2.24) is 19.3 Å². The normalized spacial score (nSPS) is 12.4. The van der Waals surface area contributed by atoms with E-state index in [9.17, 15) is 15.2 Å². The quantitative estimate of drug-likeness (QED) is 0.335. The molecule has 3 aromatic carbocycles. The van der Waals surface area contributed by atoms with Gasteiger partial charge in [0.2, 0.25) is 0 Å². The summed E-state index contributed by atoms with van der Waals surface area (Å²) in [5.41, 5.74) is 2.85. The Morgan fingerprint density at radius 3 is 2.13 bits per heavy atom. The minimum atomic E-state index is -0.675. The Balaban J connectivity index is 1.37.